The van der Waals surface area contributed by atoms with Gasteiger partial charge in [-0.25, -0.2) is 4.68 Å². The Balaban J connectivity index is 0.00000150. The maximum Gasteiger partial charge on any atom is 0.277 e. The summed E-state index contributed by atoms with van der Waals surface area (Å²) in [5.74, 6) is 2.15. The summed E-state index contributed by atoms with van der Waals surface area (Å²) in [4.78, 5) is 15.1. The van der Waals surface area contributed by atoms with Gasteiger partial charge >= 0.3 is 0 Å². The maximum absolute atomic E-state index is 12.7. The van der Waals surface area contributed by atoms with Gasteiger partial charge in [0.15, 0.2) is 5.69 Å². The molecule has 1 aromatic carbocycles. The van der Waals surface area contributed by atoms with Crippen LogP contribution in [0.15, 0.2) is 30.5 Å². The zero-order valence-electron chi connectivity index (χ0n) is 16.2. The zero-order chi connectivity index (χ0) is 18.5. The highest BCUT2D eigenvalue weighted by atomic mass is 35.5. The van der Waals surface area contributed by atoms with Crippen molar-refractivity contribution in [3.8, 4) is 0 Å². The summed E-state index contributed by atoms with van der Waals surface area (Å²) in [7, 11) is 0. The molecule has 2 aromatic rings. The number of benzene rings is 1. The van der Waals surface area contributed by atoms with Crippen molar-refractivity contribution in [2.45, 2.75) is 25.4 Å². The molecule has 160 valence electrons. The van der Waals surface area contributed by atoms with Crippen LogP contribution < -0.4 is 10.6 Å². The number of hydrogen-bond donors (Lipinski definition) is 2. The number of halogens is 2. The largest absolute Gasteiger partial charge is 0.320 e. The monoisotopic (exact) mass is 458 g/mol. The lowest BCUT2D eigenvalue weighted by Gasteiger charge is -2.27. The summed E-state index contributed by atoms with van der Waals surface area (Å²) in [5.41, 5.74) is 2.37. The van der Waals surface area contributed by atoms with E-state index < -0.39 is 0 Å². The maximum atomic E-state index is 12.7. The third-order valence-corrected chi connectivity index (χ3v) is 6.13. The van der Waals surface area contributed by atoms with E-state index in [0.29, 0.717) is 11.7 Å². The van der Waals surface area contributed by atoms with Gasteiger partial charge in [-0.15, -0.1) is 29.9 Å². The van der Waals surface area contributed by atoms with Gasteiger partial charge in [-0.2, -0.15) is 11.8 Å². The average molecular weight is 459 g/mol. The molecular weight excluding hydrogens is 431 g/mol. The summed E-state index contributed by atoms with van der Waals surface area (Å²) in [6, 6.07) is 8.35. The van der Waals surface area contributed by atoms with E-state index in [2.05, 4.69) is 31.9 Å². The molecule has 4 rings (SSSR count). The van der Waals surface area contributed by atoms with E-state index in [9.17, 15) is 4.79 Å². The highest BCUT2D eigenvalue weighted by Crippen LogP contribution is 2.21. The molecule has 2 aliphatic heterocycles. The molecule has 2 aliphatic rings. The minimum absolute atomic E-state index is 0. The Hall–Kier alpha value is -1.32. The van der Waals surface area contributed by atoms with Crippen LogP contribution in [0.3, 0.4) is 0 Å². The number of aromatic nitrogens is 3. The molecule has 1 amide bonds. The molecule has 0 spiro atoms. The van der Waals surface area contributed by atoms with Crippen molar-refractivity contribution in [1.82, 2.24) is 25.2 Å². The number of nitrogens with one attached hydrogen (secondary N) is 2. The molecule has 0 atom stereocenters. The second-order valence-electron chi connectivity index (χ2n) is 7.06. The Kier molecular flexibility index (Phi) is 9.71. The van der Waals surface area contributed by atoms with Crippen LogP contribution in [0.25, 0.3) is 0 Å². The van der Waals surface area contributed by atoms with Gasteiger partial charge in [-0.1, -0.05) is 23.4 Å². The van der Waals surface area contributed by atoms with Crippen LogP contribution in [0.1, 0.15) is 34.9 Å². The first kappa shape index (κ1) is 24.0. The number of carbonyl (C=O) groups excluding carboxylic acids is 1. The lowest BCUT2D eigenvalue weighted by Crippen LogP contribution is -2.32. The van der Waals surface area contributed by atoms with E-state index >= 15 is 0 Å². The Morgan fingerprint density at radius 1 is 1.17 bits per heavy atom. The smallest absolute Gasteiger partial charge is 0.277 e. The second kappa shape index (κ2) is 11.8. The molecule has 0 saturated carbocycles. The third kappa shape index (κ3) is 6.33. The lowest BCUT2D eigenvalue weighted by atomic mass is 10.1. The quantitative estimate of drug-likeness (QED) is 0.717. The van der Waals surface area contributed by atoms with Crippen LogP contribution in [0.2, 0.25) is 0 Å². The fraction of sp³-hybridized carbons (Fsp3) is 0.526. The van der Waals surface area contributed by atoms with Gasteiger partial charge in [-0.05, 0) is 37.6 Å². The minimum Gasteiger partial charge on any atom is -0.320 e. The molecule has 3 heterocycles. The van der Waals surface area contributed by atoms with E-state index in [1.54, 1.807) is 6.20 Å². The number of amides is 1. The first-order valence-corrected chi connectivity index (χ1v) is 10.8. The lowest BCUT2D eigenvalue weighted by molar-refractivity contribution is 0.102. The molecule has 1 aromatic heterocycles. The number of rotatable bonds is 5. The third-order valence-electron chi connectivity index (χ3n) is 5.19. The molecule has 0 unspecified atom stereocenters. The average Bonchev–Trinajstić information content (AvgIpc) is 3.21. The Morgan fingerprint density at radius 2 is 1.90 bits per heavy atom. The van der Waals surface area contributed by atoms with Crippen molar-refractivity contribution in [3.63, 3.8) is 0 Å². The predicted octanol–water partition coefficient (Wildman–Crippen LogP) is 2.85. The van der Waals surface area contributed by atoms with Crippen LogP contribution >= 0.6 is 36.6 Å². The van der Waals surface area contributed by atoms with E-state index in [4.69, 9.17) is 0 Å². The SMILES string of the molecule is Cl.Cl.O=C(Nc1ccccc1CN1CCSCC1)c1cn(C2CCNCC2)nn1. The number of carbonyl (C=O) groups is 1. The van der Waals surface area contributed by atoms with Crippen LogP contribution in [-0.2, 0) is 6.54 Å². The Labute approximate surface area is 188 Å². The number of para-hydroxylation sites is 1. The van der Waals surface area contributed by atoms with Gasteiger partial charge in [0, 0.05) is 36.8 Å². The molecule has 0 aliphatic carbocycles. The molecule has 2 N–H and O–H groups in total. The van der Waals surface area contributed by atoms with Crippen LogP contribution in [0, 0.1) is 0 Å². The zero-order valence-corrected chi connectivity index (χ0v) is 18.7. The molecule has 0 radical (unpaired) electrons. The van der Waals surface area contributed by atoms with Crippen LogP contribution in [-0.4, -0.2) is 63.5 Å². The highest BCUT2D eigenvalue weighted by molar-refractivity contribution is 7.99. The normalized spacial score (nSPS) is 17.8. The van der Waals surface area contributed by atoms with Gasteiger partial charge < -0.3 is 10.6 Å². The number of thioether (sulfide) groups is 1. The second-order valence-corrected chi connectivity index (χ2v) is 8.29. The molecule has 29 heavy (non-hydrogen) atoms. The number of piperidine rings is 1. The fourth-order valence-corrected chi connectivity index (χ4v) is 4.58. The highest BCUT2D eigenvalue weighted by Gasteiger charge is 2.20. The molecule has 10 heteroatoms. The van der Waals surface area contributed by atoms with Gasteiger partial charge in [0.2, 0.25) is 0 Å². The van der Waals surface area contributed by atoms with Crippen molar-refractivity contribution >= 4 is 48.2 Å². The first-order chi connectivity index (χ1) is 13.3. The van der Waals surface area contributed by atoms with E-state index in [-0.39, 0.29) is 30.7 Å². The first-order valence-electron chi connectivity index (χ1n) is 9.61. The van der Waals surface area contributed by atoms with Crippen molar-refractivity contribution in [3.05, 3.63) is 41.7 Å². The summed E-state index contributed by atoms with van der Waals surface area (Å²) in [6.07, 6.45) is 3.80. The summed E-state index contributed by atoms with van der Waals surface area (Å²) in [5, 5.41) is 14.7. The predicted molar refractivity (Wildman–Crippen MR) is 123 cm³/mol. The van der Waals surface area contributed by atoms with E-state index in [1.165, 1.54) is 11.5 Å². The van der Waals surface area contributed by atoms with E-state index in [0.717, 1.165) is 56.8 Å². The number of anilines is 1. The summed E-state index contributed by atoms with van der Waals surface area (Å²) in [6.45, 7) is 5.01. The molecule has 2 fully saturated rings. The summed E-state index contributed by atoms with van der Waals surface area (Å²) >= 11 is 2.00. The van der Waals surface area contributed by atoms with Gasteiger partial charge in [-0.3, -0.25) is 9.69 Å². The van der Waals surface area contributed by atoms with Gasteiger partial charge in [0.25, 0.3) is 5.91 Å². The molecule has 2 saturated heterocycles. The Bertz CT molecular complexity index is 778. The van der Waals surface area contributed by atoms with Crippen molar-refractivity contribution < 1.29 is 4.79 Å². The molecular formula is C19H28Cl2N6OS. The van der Waals surface area contributed by atoms with E-state index in [1.807, 2.05) is 34.6 Å². The summed E-state index contributed by atoms with van der Waals surface area (Å²) < 4.78 is 1.84. The number of nitrogens with zero attached hydrogens (tertiary/aromatic N) is 4. The van der Waals surface area contributed by atoms with Gasteiger partial charge in [0.1, 0.15) is 0 Å². The topological polar surface area (TPSA) is 75.1 Å². The van der Waals surface area contributed by atoms with Gasteiger partial charge in [0.05, 0.1) is 12.2 Å². The van der Waals surface area contributed by atoms with Crippen molar-refractivity contribution in [2.75, 3.05) is 43.0 Å². The molecule has 7 nitrogen and oxygen atoms in total. The molecule has 0 bridgehead atoms. The van der Waals surface area contributed by atoms with Crippen molar-refractivity contribution in [1.29, 1.82) is 0 Å². The number of hydrogen-bond acceptors (Lipinski definition) is 6. The van der Waals surface area contributed by atoms with Crippen LogP contribution in [0.5, 0.6) is 0 Å². The van der Waals surface area contributed by atoms with Crippen LogP contribution in [0.4, 0.5) is 5.69 Å². The fourth-order valence-electron chi connectivity index (χ4n) is 3.60. The minimum atomic E-state index is -0.197. The standard InChI is InChI=1S/C19H26N6OS.2ClH/c26-19(18-14-25(23-22-18)16-5-7-20-8-6-16)21-17-4-2-1-3-15(17)13-24-9-11-27-12-10-24;;/h1-4,14,16,20H,5-13H2,(H,21,26);2*1H. The van der Waals surface area contributed by atoms with Crippen molar-refractivity contribution in [2.24, 2.45) is 0 Å². The Morgan fingerprint density at radius 3 is 2.66 bits per heavy atom.